The van der Waals surface area contributed by atoms with Gasteiger partial charge in [-0.2, -0.15) is 0 Å². The molecule has 0 nitrogen and oxygen atoms in total. The Morgan fingerprint density at radius 1 is 0.457 bits per heavy atom. The maximum absolute atomic E-state index is 2.44. The van der Waals surface area contributed by atoms with Gasteiger partial charge in [-0.25, -0.2) is 0 Å². The highest BCUT2D eigenvalue weighted by atomic mass is 14.3. The van der Waals surface area contributed by atoms with Gasteiger partial charge in [-0.3, -0.25) is 0 Å². The molecule has 0 fully saturated rings. The molecule has 0 saturated carbocycles. The lowest BCUT2D eigenvalue weighted by Gasteiger charge is -2.25. The minimum atomic E-state index is 1.20. The van der Waals surface area contributed by atoms with Crippen LogP contribution in [0.4, 0.5) is 0 Å². The van der Waals surface area contributed by atoms with E-state index in [9.17, 15) is 0 Å². The van der Waals surface area contributed by atoms with Crippen molar-refractivity contribution in [1.82, 2.24) is 0 Å². The average Bonchev–Trinajstić information content (AvgIpc) is 2.91. The summed E-state index contributed by atoms with van der Waals surface area (Å²) in [6, 6.07) is 30.4. The molecule has 0 bridgehead atoms. The van der Waals surface area contributed by atoms with Gasteiger partial charge in [0.1, 0.15) is 0 Å². The summed E-state index contributed by atoms with van der Waals surface area (Å²) in [6.07, 6.45) is 10.0. The normalized spacial score (nSPS) is 15.2. The fourth-order valence-corrected chi connectivity index (χ4v) is 6.90. The van der Waals surface area contributed by atoms with Gasteiger partial charge in [0.15, 0.2) is 0 Å². The van der Waals surface area contributed by atoms with Gasteiger partial charge in [-0.15, -0.1) is 0 Å². The number of aryl methyl sites for hydroxylation is 3. The molecule has 0 spiro atoms. The van der Waals surface area contributed by atoms with E-state index in [2.05, 4.69) is 85.8 Å². The Kier molecular flexibility index (Phi) is 5.02. The third kappa shape index (κ3) is 3.34. The van der Waals surface area contributed by atoms with E-state index < -0.39 is 0 Å². The zero-order chi connectivity index (χ0) is 23.4. The third-order valence-electron chi connectivity index (χ3n) is 8.51. The van der Waals surface area contributed by atoms with Crippen molar-refractivity contribution in [3.63, 3.8) is 0 Å². The largest absolute Gasteiger partial charge is 0.0616 e. The van der Waals surface area contributed by atoms with Crippen LogP contribution in [-0.2, 0) is 25.7 Å². The molecule has 0 N–H and O–H groups in total. The topological polar surface area (TPSA) is 0 Å². The Bertz CT molecular complexity index is 1600. The minimum Gasteiger partial charge on any atom is -0.0616 e. The van der Waals surface area contributed by atoms with E-state index in [1.54, 1.807) is 22.3 Å². The van der Waals surface area contributed by atoms with Gasteiger partial charge in [0.2, 0.25) is 0 Å². The minimum absolute atomic E-state index is 1.20. The summed E-state index contributed by atoms with van der Waals surface area (Å²) in [7, 11) is 0. The summed E-state index contributed by atoms with van der Waals surface area (Å²) >= 11 is 0. The van der Waals surface area contributed by atoms with Crippen LogP contribution in [0.15, 0.2) is 78.9 Å². The highest BCUT2D eigenvalue weighted by Crippen LogP contribution is 2.47. The number of benzene rings is 5. The number of rotatable bonds is 2. The molecule has 172 valence electrons. The molecule has 7 rings (SSSR count). The van der Waals surface area contributed by atoms with Crippen LogP contribution in [0.3, 0.4) is 0 Å². The second-order valence-corrected chi connectivity index (χ2v) is 10.6. The first-order valence-corrected chi connectivity index (χ1v) is 13.5. The lowest BCUT2D eigenvalue weighted by atomic mass is 9.79. The fourth-order valence-electron chi connectivity index (χ4n) is 6.90. The van der Waals surface area contributed by atoms with E-state index in [4.69, 9.17) is 0 Å². The quantitative estimate of drug-likeness (QED) is 0.234. The van der Waals surface area contributed by atoms with Crippen molar-refractivity contribution in [2.24, 2.45) is 0 Å². The Balaban J connectivity index is 1.64. The molecule has 2 aliphatic rings. The maximum Gasteiger partial charge on any atom is -0.00234 e. The Morgan fingerprint density at radius 2 is 0.971 bits per heavy atom. The van der Waals surface area contributed by atoms with Crippen molar-refractivity contribution in [3.8, 4) is 22.3 Å². The molecule has 0 aromatic heterocycles. The van der Waals surface area contributed by atoms with Crippen molar-refractivity contribution in [1.29, 1.82) is 0 Å². The van der Waals surface area contributed by atoms with Crippen molar-refractivity contribution >= 4 is 21.5 Å². The summed E-state index contributed by atoms with van der Waals surface area (Å²) < 4.78 is 0. The van der Waals surface area contributed by atoms with Crippen LogP contribution in [0, 0.1) is 6.92 Å². The Labute approximate surface area is 208 Å². The molecule has 0 radical (unpaired) electrons. The highest BCUT2D eigenvalue weighted by Gasteiger charge is 2.23. The van der Waals surface area contributed by atoms with Crippen molar-refractivity contribution in [2.45, 2.75) is 58.3 Å². The van der Waals surface area contributed by atoms with Gasteiger partial charge in [-0.1, -0.05) is 84.4 Å². The van der Waals surface area contributed by atoms with Gasteiger partial charge in [-0.05, 0) is 124 Å². The second-order valence-electron chi connectivity index (χ2n) is 10.6. The molecule has 5 aromatic carbocycles. The maximum atomic E-state index is 2.44. The summed E-state index contributed by atoms with van der Waals surface area (Å²) in [5.41, 5.74) is 13.4. The number of hydrogen-bond acceptors (Lipinski definition) is 0. The molecule has 2 aliphatic carbocycles. The Morgan fingerprint density at radius 3 is 1.57 bits per heavy atom. The lowest BCUT2D eigenvalue weighted by molar-refractivity contribution is 0.687. The average molecular weight is 453 g/mol. The van der Waals surface area contributed by atoms with Gasteiger partial charge < -0.3 is 0 Å². The van der Waals surface area contributed by atoms with Crippen LogP contribution in [0.2, 0.25) is 0 Å². The van der Waals surface area contributed by atoms with E-state index in [0.29, 0.717) is 0 Å². The number of hydrogen-bond donors (Lipinski definition) is 0. The molecule has 0 unspecified atom stereocenters. The SMILES string of the molecule is Cc1ccc2c(-c3cccc4c3CCCC4)c3ccccc3c(-c3cccc4c3CCCC4)c2c1. The number of fused-ring (bicyclic) bond motifs is 4. The molecular weight excluding hydrogens is 420 g/mol. The van der Waals surface area contributed by atoms with Gasteiger partial charge in [0, 0.05) is 0 Å². The molecule has 0 atom stereocenters. The molecule has 0 amide bonds. The van der Waals surface area contributed by atoms with Crippen molar-refractivity contribution in [3.05, 3.63) is 107 Å². The van der Waals surface area contributed by atoms with Crippen molar-refractivity contribution in [2.75, 3.05) is 0 Å². The zero-order valence-electron chi connectivity index (χ0n) is 20.7. The van der Waals surface area contributed by atoms with Crippen LogP contribution in [0.25, 0.3) is 43.8 Å². The van der Waals surface area contributed by atoms with Crippen LogP contribution in [-0.4, -0.2) is 0 Å². The summed E-state index contributed by atoms with van der Waals surface area (Å²) in [4.78, 5) is 0. The predicted molar refractivity (Wildman–Crippen MR) is 150 cm³/mol. The summed E-state index contributed by atoms with van der Waals surface area (Å²) in [5, 5.41) is 5.60. The molecule has 0 heterocycles. The van der Waals surface area contributed by atoms with Gasteiger partial charge >= 0.3 is 0 Å². The van der Waals surface area contributed by atoms with Crippen LogP contribution < -0.4 is 0 Å². The molecule has 35 heavy (non-hydrogen) atoms. The van der Waals surface area contributed by atoms with E-state index >= 15 is 0 Å². The molecule has 0 saturated heterocycles. The van der Waals surface area contributed by atoms with E-state index in [1.807, 2.05) is 0 Å². The van der Waals surface area contributed by atoms with E-state index in [-0.39, 0.29) is 0 Å². The van der Waals surface area contributed by atoms with Crippen molar-refractivity contribution < 1.29 is 0 Å². The monoisotopic (exact) mass is 452 g/mol. The standard InChI is InChI=1S/C35H32/c1-23-20-21-32-33(22-23)35(29-19-9-13-25-11-3-5-15-27(25)29)31-17-7-6-16-30(31)34(32)28-18-8-12-24-10-2-4-14-26(24)28/h6-9,12-13,16-22H,2-5,10-11,14-15H2,1H3. The predicted octanol–water partition coefficient (Wildman–Crippen LogP) is 9.39. The van der Waals surface area contributed by atoms with Gasteiger partial charge in [0.25, 0.3) is 0 Å². The molecule has 0 heteroatoms. The zero-order valence-corrected chi connectivity index (χ0v) is 20.7. The molecule has 5 aromatic rings. The molecule has 0 aliphatic heterocycles. The van der Waals surface area contributed by atoms with Crippen LogP contribution in [0.1, 0.15) is 53.5 Å². The van der Waals surface area contributed by atoms with Gasteiger partial charge in [0.05, 0.1) is 0 Å². The van der Waals surface area contributed by atoms with Crippen LogP contribution >= 0.6 is 0 Å². The second kappa shape index (κ2) is 8.38. The molecular formula is C35H32. The first-order chi connectivity index (χ1) is 17.3. The summed E-state index contributed by atoms with van der Waals surface area (Å²) in [6.45, 7) is 2.24. The first-order valence-electron chi connectivity index (χ1n) is 13.5. The van der Waals surface area contributed by atoms with E-state index in [1.165, 1.54) is 101 Å². The van der Waals surface area contributed by atoms with Crippen LogP contribution in [0.5, 0.6) is 0 Å². The highest BCUT2D eigenvalue weighted by molar-refractivity contribution is 6.22. The van der Waals surface area contributed by atoms with E-state index in [0.717, 1.165) is 0 Å². The Hall–Kier alpha value is -3.38. The fraction of sp³-hybridized carbons (Fsp3) is 0.257. The smallest absolute Gasteiger partial charge is 0.00234 e. The first kappa shape index (κ1) is 20.9. The third-order valence-corrected chi connectivity index (χ3v) is 8.51. The lowest BCUT2D eigenvalue weighted by Crippen LogP contribution is -2.06. The summed E-state index contributed by atoms with van der Waals surface area (Å²) in [5.74, 6) is 0.